The first-order valence-electron chi connectivity index (χ1n) is 5.33. The summed E-state index contributed by atoms with van der Waals surface area (Å²) in [5.41, 5.74) is 8.53. The normalized spacial score (nSPS) is 11.7. The highest BCUT2D eigenvalue weighted by Crippen LogP contribution is 2.28. The molecule has 0 aliphatic carbocycles. The summed E-state index contributed by atoms with van der Waals surface area (Å²) in [7, 11) is 0. The minimum Gasteiger partial charge on any atom is -0.330 e. The van der Waals surface area contributed by atoms with E-state index in [0.717, 1.165) is 19.4 Å². The molecule has 1 nitrogen and oxygen atoms in total. The maximum absolute atomic E-state index is 5.54. The first-order valence-corrected chi connectivity index (χ1v) is 5.33. The van der Waals surface area contributed by atoms with E-state index in [4.69, 9.17) is 5.73 Å². The van der Waals surface area contributed by atoms with E-state index >= 15 is 0 Å². The Balaban J connectivity index is 2.75. The van der Waals surface area contributed by atoms with Gasteiger partial charge in [-0.25, -0.2) is 0 Å². The fourth-order valence-corrected chi connectivity index (χ4v) is 1.69. The molecule has 1 aromatic rings. The minimum absolute atomic E-state index is 0.257. The molecule has 1 heteroatoms. The van der Waals surface area contributed by atoms with Crippen LogP contribution in [0.4, 0.5) is 0 Å². The lowest BCUT2D eigenvalue weighted by molar-refractivity contribution is 0.465. The first kappa shape index (κ1) is 11.3. The molecule has 0 amide bonds. The molecule has 0 fully saturated rings. The van der Waals surface area contributed by atoms with Gasteiger partial charge in [-0.2, -0.15) is 0 Å². The van der Waals surface area contributed by atoms with E-state index < -0.39 is 0 Å². The highest BCUT2D eigenvalue weighted by Gasteiger charge is 2.19. The number of benzene rings is 1. The molecule has 1 aromatic carbocycles. The zero-order chi connectivity index (χ0) is 10.6. The van der Waals surface area contributed by atoms with Crippen LogP contribution in [0.1, 0.15) is 37.8 Å². The zero-order valence-corrected chi connectivity index (χ0v) is 9.51. The largest absolute Gasteiger partial charge is 0.330 e. The zero-order valence-electron chi connectivity index (χ0n) is 9.51. The molecule has 0 aliphatic heterocycles. The third kappa shape index (κ3) is 2.85. The Morgan fingerprint density at radius 1 is 1.14 bits per heavy atom. The minimum atomic E-state index is 0.257. The Morgan fingerprint density at radius 2 is 1.71 bits per heavy atom. The summed E-state index contributed by atoms with van der Waals surface area (Å²) in [5.74, 6) is 0. The molecule has 0 radical (unpaired) electrons. The summed E-state index contributed by atoms with van der Waals surface area (Å²) in [6.45, 7) is 7.48. The van der Waals surface area contributed by atoms with Gasteiger partial charge in [-0.15, -0.1) is 0 Å². The van der Waals surface area contributed by atoms with Gasteiger partial charge in [0.15, 0.2) is 0 Å². The van der Waals surface area contributed by atoms with Crippen molar-refractivity contribution < 1.29 is 0 Å². The lowest BCUT2D eigenvalue weighted by Gasteiger charge is -2.25. The number of hydrogen-bond acceptors (Lipinski definition) is 1. The van der Waals surface area contributed by atoms with Crippen molar-refractivity contribution in [2.24, 2.45) is 5.73 Å². The van der Waals surface area contributed by atoms with E-state index in [-0.39, 0.29) is 5.41 Å². The average molecular weight is 191 g/mol. The van der Waals surface area contributed by atoms with Gasteiger partial charge in [0, 0.05) is 0 Å². The fourth-order valence-electron chi connectivity index (χ4n) is 1.69. The van der Waals surface area contributed by atoms with Gasteiger partial charge in [-0.3, -0.25) is 0 Å². The molecular formula is C13H21N. The Labute approximate surface area is 87.3 Å². The fraction of sp³-hybridized carbons (Fsp3) is 0.538. The first-order chi connectivity index (χ1) is 6.56. The van der Waals surface area contributed by atoms with Gasteiger partial charge in [0.25, 0.3) is 0 Å². The quantitative estimate of drug-likeness (QED) is 0.778. The predicted octanol–water partition coefficient (Wildman–Crippen LogP) is 3.01. The molecule has 0 bridgehead atoms. The molecular weight excluding hydrogens is 170 g/mol. The molecule has 1 rings (SSSR count). The van der Waals surface area contributed by atoms with Gasteiger partial charge in [0.2, 0.25) is 0 Å². The third-order valence-corrected chi connectivity index (χ3v) is 2.84. The summed E-state index contributed by atoms with van der Waals surface area (Å²) in [6, 6.07) is 8.82. The van der Waals surface area contributed by atoms with Crippen LogP contribution in [-0.4, -0.2) is 6.54 Å². The Hall–Kier alpha value is -0.820. The van der Waals surface area contributed by atoms with Crippen LogP contribution in [0.3, 0.4) is 0 Å². The van der Waals surface area contributed by atoms with Crippen LogP contribution in [0.25, 0.3) is 0 Å². The van der Waals surface area contributed by atoms with Gasteiger partial charge in [0.05, 0.1) is 0 Å². The van der Waals surface area contributed by atoms with E-state index in [2.05, 4.69) is 45.0 Å². The highest BCUT2D eigenvalue weighted by molar-refractivity contribution is 5.27. The molecule has 2 N–H and O–H groups in total. The summed E-state index contributed by atoms with van der Waals surface area (Å²) in [6.07, 6.45) is 2.26. The number of nitrogens with two attached hydrogens (primary N) is 1. The summed E-state index contributed by atoms with van der Waals surface area (Å²) >= 11 is 0. The molecule has 0 spiro atoms. The van der Waals surface area contributed by atoms with Crippen LogP contribution in [0.2, 0.25) is 0 Å². The molecule has 0 heterocycles. The topological polar surface area (TPSA) is 26.0 Å². The molecule has 0 saturated heterocycles. The van der Waals surface area contributed by atoms with Gasteiger partial charge in [-0.05, 0) is 37.3 Å². The predicted molar refractivity (Wildman–Crippen MR) is 62.5 cm³/mol. The molecule has 0 aliphatic rings. The average Bonchev–Trinajstić information content (AvgIpc) is 2.16. The van der Waals surface area contributed by atoms with Crippen molar-refractivity contribution in [1.29, 1.82) is 0 Å². The van der Waals surface area contributed by atoms with Crippen LogP contribution in [0.5, 0.6) is 0 Å². The molecule has 0 atom stereocenters. The smallest absolute Gasteiger partial charge is 0.00770 e. The van der Waals surface area contributed by atoms with Gasteiger partial charge >= 0.3 is 0 Å². The van der Waals surface area contributed by atoms with Crippen LogP contribution in [0.15, 0.2) is 24.3 Å². The highest BCUT2D eigenvalue weighted by atomic mass is 14.5. The number of hydrogen-bond donors (Lipinski definition) is 1. The van der Waals surface area contributed by atoms with Crippen LogP contribution < -0.4 is 5.73 Å². The standard InChI is InChI=1S/C13H21N/c1-11-5-7-12(8-6-11)13(2,3)9-4-10-14/h5-8H,4,9-10,14H2,1-3H3. The maximum atomic E-state index is 5.54. The summed E-state index contributed by atoms with van der Waals surface area (Å²) in [4.78, 5) is 0. The lowest BCUT2D eigenvalue weighted by Crippen LogP contribution is -2.18. The number of rotatable bonds is 4. The summed E-state index contributed by atoms with van der Waals surface area (Å²) < 4.78 is 0. The Bertz CT molecular complexity index is 272. The van der Waals surface area contributed by atoms with Crippen molar-refractivity contribution >= 4 is 0 Å². The van der Waals surface area contributed by atoms with E-state index in [0.29, 0.717) is 0 Å². The summed E-state index contributed by atoms with van der Waals surface area (Å²) in [5, 5.41) is 0. The molecule has 14 heavy (non-hydrogen) atoms. The monoisotopic (exact) mass is 191 g/mol. The van der Waals surface area contributed by atoms with E-state index in [1.807, 2.05) is 0 Å². The Morgan fingerprint density at radius 3 is 2.21 bits per heavy atom. The number of aryl methyl sites for hydroxylation is 1. The van der Waals surface area contributed by atoms with E-state index in [9.17, 15) is 0 Å². The second kappa shape index (κ2) is 4.61. The Kier molecular flexibility index (Phi) is 3.70. The van der Waals surface area contributed by atoms with Gasteiger partial charge in [0.1, 0.15) is 0 Å². The van der Waals surface area contributed by atoms with Crippen molar-refractivity contribution in [1.82, 2.24) is 0 Å². The van der Waals surface area contributed by atoms with Gasteiger partial charge < -0.3 is 5.73 Å². The lowest BCUT2D eigenvalue weighted by atomic mass is 9.80. The third-order valence-electron chi connectivity index (χ3n) is 2.84. The van der Waals surface area contributed by atoms with Crippen molar-refractivity contribution in [2.75, 3.05) is 6.54 Å². The van der Waals surface area contributed by atoms with Gasteiger partial charge in [-0.1, -0.05) is 43.7 Å². The SMILES string of the molecule is Cc1ccc(C(C)(C)CCCN)cc1. The van der Waals surface area contributed by atoms with E-state index in [1.54, 1.807) is 0 Å². The van der Waals surface area contributed by atoms with Crippen molar-refractivity contribution in [2.45, 2.75) is 39.0 Å². The van der Waals surface area contributed by atoms with Crippen molar-refractivity contribution in [3.8, 4) is 0 Å². The van der Waals surface area contributed by atoms with Crippen molar-refractivity contribution in [3.05, 3.63) is 35.4 Å². The van der Waals surface area contributed by atoms with E-state index in [1.165, 1.54) is 11.1 Å². The van der Waals surface area contributed by atoms with Crippen molar-refractivity contribution in [3.63, 3.8) is 0 Å². The van der Waals surface area contributed by atoms with Crippen LogP contribution in [0, 0.1) is 6.92 Å². The maximum Gasteiger partial charge on any atom is -0.00770 e. The molecule has 78 valence electrons. The molecule has 0 saturated carbocycles. The molecule has 0 aromatic heterocycles. The molecule has 0 unspecified atom stereocenters. The van der Waals surface area contributed by atoms with Crippen LogP contribution >= 0.6 is 0 Å². The second-order valence-corrected chi connectivity index (χ2v) is 4.64. The second-order valence-electron chi connectivity index (χ2n) is 4.64. The van der Waals surface area contributed by atoms with Crippen LogP contribution in [-0.2, 0) is 5.41 Å².